The number of benzene rings is 1. The molecule has 1 amide bonds. The molecular formula is C16H17ClN2O2. The van der Waals surface area contributed by atoms with Crippen molar-refractivity contribution in [3.63, 3.8) is 0 Å². The molecule has 1 saturated heterocycles. The fraction of sp³-hybridized carbons (Fsp3) is 0.312. The molecule has 1 aromatic carbocycles. The summed E-state index contributed by atoms with van der Waals surface area (Å²) in [5, 5.41) is 3.50. The van der Waals surface area contributed by atoms with Crippen molar-refractivity contribution in [1.82, 2.24) is 4.90 Å². The Morgan fingerprint density at radius 2 is 2.24 bits per heavy atom. The molecule has 5 heteroatoms. The third-order valence-corrected chi connectivity index (χ3v) is 4.15. The molecule has 2 heterocycles. The number of halogens is 1. The minimum Gasteiger partial charge on any atom is -0.472 e. The summed E-state index contributed by atoms with van der Waals surface area (Å²) in [6.45, 7) is 1.54. The van der Waals surface area contributed by atoms with Gasteiger partial charge in [-0.05, 0) is 42.2 Å². The van der Waals surface area contributed by atoms with Crippen LogP contribution in [0, 0.1) is 5.92 Å². The van der Waals surface area contributed by atoms with Crippen molar-refractivity contribution in [2.45, 2.75) is 6.42 Å². The molecule has 2 aromatic rings. The largest absolute Gasteiger partial charge is 0.472 e. The zero-order chi connectivity index (χ0) is 14.8. The molecule has 1 aliphatic rings. The molecule has 1 fully saturated rings. The van der Waals surface area contributed by atoms with E-state index >= 15 is 0 Å². The summed E-state index contributed by atoms with van der Waals surface area (Å²) < 4.78 is 5.06. The van der Waals surface area contributed by atoms with Gasteiger partial charge in [-0.25, -0.2) is 0 Å². The molecule has 4 nitrogen and oxygen atoms in total. The molecule has 0 radical (unpaired) electrons. The van der Waals surface area contributed by atoms with Crippen LogP contribution in [0.3, 0.4) is 0 Å². The van der Waals surface area contributed by atoms with E-state index in [0.717, 1.165) is 25.2 Å². The standard InChI is InChI=1S/C16H17ClN2O2/c1-18-13-2-3-14(15(17)7-13)16(20)19-8-12(9-19)6-11-4-5-21-10-11/h2-5,7,10,12,18H,6,8-9H2,1H3. The molecule has 3 rings (SSSR count). The smallest absolute Gasteiger partial charge is 0.255 e. The maximum Gasteiger partial charge on any atom is 0.255 e. The summed E-state index contributed by atoms with van der Waals surface area (Å²) in [6.07, 6.45) is 4.39. The zero-order valence-corrected chi connectivity index (χ0v) is 12.6. The Morgan fingerprint density at radius 1 is 1.43 bits per heavy atom. The lowest BCUT2D eigenvalue weighted by Gasteiger charge is -2.39. The van der Waals surface area contributed by atoms with E-state index < -0.39 is 0 Å². The maximum absolute atomic E-state index is 12.4. The van der Waals surface area contributed by atoms with Crippen molar-refractivity contribution in [1.29, 1.82) is 0 Å². The van der Waals surface area contributed by atoms with E-state index in [2.05, 4.69) is 5.32 Å². The van der Waals surface area contributed by atoms with Gasteiger partial charge >= 0.3 is 0 Å². The predicted molar refractivity (Wildman–Crippen MR) is 82.8 cm³/mol. The van der Waals surface area contributed by atoms with Gasteiger partial charge < -0.3 is 14.6 Å². The van der Waals surface area contributed by atoms with Crippen LogP contribution in [-0.2, 0) is 6.42 Å². The lowest BCUT2D eigenvalue weighted by atomic mass is 9.92. The normalized spacial score (nSPS) is 14.9. The third-order valence-electron chi connectivity index (χ3n) is 3.84. The third kappa shape index (κ3) is 2.90. The lowest BCUT2D eigenvalue weighted by molar-refractivity contribution is 0.0501. The van der Waals surface area contributed by atoms with E-state index in [9.17, 15) is 4.79 Å². The number of nitrogens with one attached hydrogen (secondary N) is 1. The van der Waals surface area contributed by atoms with Gasteiger partial charge in [0, 0.05) is 25.8 Å². The van der Waals surface area contributed by atoms with E-state index in [1.54, 1.807) is 24.7 Å². The summed E-state index contributed by atoms with van der Waals surface area (Å²) in [5.41, 5.74) is 2.65. The van der Waals surface area contributed by atoms with Crippen LogP contribution >= 0.6 is 11.6 Å². The van der Waals surface area contributed by atoms with E-state index in [4.69, 9.17) is 16.0 Å². The van der Waals surface area contributed by atoms with Crippen LogP contribution in [-0.4, -0.2) is 30.9 Å². The summed E-state index contributed by atoms with van der Waals surface area (Å²) in [6, 6.07) is 7.39. The monoisotopic (exact) mass is 304 g/mol. The number of amides is 1. The fourth-order valence-corrected chi connectivity index (χ4v) is 2.88. The van der Waals surface area contributed by atoms with Crippen LogP contribution in [0.5, 0.6) is 0 Å². The van der Waals surface area contributed by atoms with Gasteiger partial charge in [0.2, 0.25) is 0 Å². The molecule has 0 atom stereocenters. The second kappa shape index (κ2) is 5.82. The number of carbonyl (C=O) groups excluding carboxylic acids is 1. The Kier molecular flexibility index (Phi) is 3.88. The first-order valence-corrected chi connectivity index (χ1v) is 7.33. The molecule has 0 spiro atoms. The van der Waals surface area contributed by atoms with E-state index in [1.807, 2.05) is 24.1 Å². The van der Waals surface area contributed by atoms with Gasteiger partial charge in [0.15, 0.2) is 0 Å². The quantitative estimate of drug-likeness (QED) is 0.943. The molecule has 0 saturated carbocycles. The highest BCUT2D eigenvalue weighted by Crippen LogP contribution is 2.27. The number of hydrogen-bond acceptors (Lipinski definition) is 3. The SMILES string of the molecule is CNc1ccc(C(=O)N2CC(Cc3ccoc3)C2)c(Cl)c1. The van der Waals surface area contributed by atoms with Crippen LogP contribution in [0.25, 0.3) is 0 Å². The Morgan fingerprint density at radius 3 is 2.86 bits per heavy atom. The van der Waals surface area contributed by atoms with Crippen LogP contribution in [0.2, 0.25) is 5.02 Å². The number of likely N-dealkylation sites (tertiary alicyclic amines) is 1. The van der Waals surface area contributed by atoms with Crippen molar-refractivity contribution < 1.29 is 9.21 Å². The number of hydrogen-bond donors (Lipinski definition) is 1. The Labute approximate surface area is 128 Å². The Hall–Kier alpha value is -1.94. The summed E-state index contributed by atoms with van der Waals surface area (Å²) in [7, 11) is 1.82. The lowest BCUT2D eigenvalue weighted by Crippen LogP contribution is -2.50. The highest BCUT2D eigenvalue weighted by atomic mass is 35.5. The first-order valence-electron chi connectivity index (χ1n) is 6.95. The molecule has 1 aromatic heterocycles. The Bertz CT molecular complexity index is 634. The Balaban J connectivity index is 1.60. The average Bonchev–Trinajstić information content (AvgIpc) is 2.94. The molecule has 21 heavy (non-hydrogen) atoms. The van der Waals surface area contributed by atoms with Crippen molar-refractivity contribution in [3.05, 3.63) is 52.9 Å². The predicted octanol–water partition coefficient (Wildman–Crippen LogP) is 3.29. The van der Waals surface area contributed by atoms with Crippen molar-refractivity contribution in [2.75, 3.05) is 25.5 Å². The van der Waals surface area contributed by atoms with Crippen molar-refractivity contribution in [3.8, 4) is 0 Å². The first-order chi connectivity index (χ1) is 10.2. The second-order valence-corrected chi connectivity index (χ2v) is 5.76. The topological polar surface area (TPSA) is 45.5 Å². The number of carbonyl (C=O) groups is 1. The van der Waals surface area contributed by atoms with Gasteiger partial charge in [-0.1, -0.05) is 11.6 Å². The van der Waals surface area contributed by atoms with Crippen molar-refractivity contribution in [2.24, 2.45) is 5.92 Å². The molecule has 110 valence electrons. The average molecular weight is 305 g/mol. The number of furan rings is 1. The van der Waals surface area contributed by atoms with Crippen LogP contribution < -0.4 is 5.32 Å². The van der Waals surface area contributed by atoms with Gasteiger partial charge in [0.1, 0.15) is 0 Å². The molecule has 1 N–H and O–H groups in total. The number of nitrogens with zero attached hydrogens (tertiary/aromatic N) is 1. The van der Waals surface area contributed by atoms with Crippen molar-refractivity contribution >= 4 is 23.2 Å². The molecule has 0 unspecified atom stereocenters. The summed E-state index contributed by atoms with van der Waals surface area (Å²) >= 11 is 6.18. The summed E-state index contributed by atoms with van der Waals surface area (Å²) in [5.74, 6) is 0.507. The van der Waals surface area contributed by atoms with Crippen LogP contribution in [0.4, 0.5) is 5.69 Å². The van der Waals surface area contributed by atoms with E-state index in [0.29, 0.717) is 16.5 Å². The maximum atomic E-state index is 12.4. The van der Waals surface area contributed by atoms with Crippen LogP contribution in [0.1, 0.15) is 15.9 Å². The molecule has 1 aliphatic heterocycles. The number of rotatable bonds is 4. The van der Waals surface area contributed by atoms with Gasteiger partial charge in [0.05, 0.1) is 23.1 Å². The van der Waals surface area contributed by atoms with E-state index in [1.165, 1.54) is 5.56 Å². The van der Waals surface area contributed by atoms with Gasteiger partial charge in [-0.15, -0.1) is 0 Å². The molecule has 0 aliphatic carbocycles. The summed E-state index contributed by atoms with van der Waals surface area (Å²) in [4.78, 5) is 14.2. The van der Waals surface area contributed by atoms with Gasteiger partial charge in [-0.2, -0.15) is 0 Å². The molecular weight excluding hydrogens is 288 g/mol. The zero-order valence-electron chi connectivity index (χ0n) is 11.8. The minimum atomic E-state index is 0.00565. The number of anilines is 1. The van der Waals surface area contributed by atoms with E-state index in [-0.39, 0.29) is 5.91 Å². The minimum absolute atomic E-state index is 0.00565. The fourth-order valence-electron chi connectivity index (χ4n) is 2.62. The van der Waals surface area contributed by atoms with Gasteiger partial charge in [-0.3, -0.25) is 4.79 Å². The second-order valence-electron chi connectivity index (χ2n) is 5.36. The van der Waals surface area contributed by atoms with Crippen LogP contribution in [0.15, 0.2) is 41.2 Å². The highest BCUT2D eigenvalue weighted by Gasteiger charge is 2.32. The first kappa shape index (κ1) is 14.0. The van der Waals surface area contributed by atoms with Gasteiger partial charge in [0.25, 0.3) is 5.91 Å². The highest BCUT2D eigenvalue weighted by molar-refractivity contribution is 6.34. The molecule has 0 bridgehead atoms.